The predicted molar refractivity (Wildman–Crippen MR) is 68.6 cm³/mol. The number of amides is 1. The van der Waals surface area contributed by atoms with Crippen molar-refractivity contribution in [2.75, 3.05) is 11.9 Å². The molecule has 1 atom stereocenters. The van der Waals surface area contributed by atoms with Gasteiger partial charge in [0, 0.05) is 18.7 Å². The standard InChI is InChI=1S/C14H18N2O/c1-10(2)11(3)14(17)16(4)13-7-5-6-12(8-13)9-15/h5-8,10-11H,1-4H3. The molecule has 0 fully saturated rings. The van der Waals surface area contributed by atoms with Gasteiger partial charge in [-0.2, -0.15) is 5.26 Å². The summed E-state index contributed by atoms with van der Waals surface area (Å²) in [5, 5.41) is 8.83. The Bertz CT molecular complexity index is 446. The number of anilines is 1. The van der Waals surface area contributed by atoms with Crippen LogP contribution >= 0.6 is 0 Å². The smallest absolute Gasteiger partial charge is 0.229 e. The summed E-state index contributed by atoms with van der Waals surface area (Å²) in [7, 11) is 1.75. The minimum Gasteiger partial charge on any atom is -0.315 e. The molecule has 0 aromatic heterocycles. The van der Waals surface area contributed by atoms with Gasteiger partial charge in [-0.05, 0) is 24.1 Å². The van der Waals surface area contributed by atoms with Crippen LogP contribution in [0.4, 0.5) is 5.69 Å². The van der Waals surface area contributed by atoms with Crippen LogP contribution < -0.4 is 4.90 Å². The van der Waals surface area contributed by atoms with Gasteiger partial charge in [-0.3, -0.25) is 4.79 Å². The third kappa shape index (κ3) is 3.07. The Morgan fingerprint density at radius 2 is 2.00 bits per heavy atom. The van der Waals surface area contributed by atoms with Crippen LogP contribution in [0.5, 0.6) is 0 Å². The lowest BCUT2D eigenvalue weighted by molar-refractivity contribution is -0.122. The van der Waals surface area contributed by atoms with Crippen LogP contribution in [-0.4, -0.2) is 13.0 Å². The van der Waals surface area contributed by atoms with Gasteiger partial charge in [0.05, 0.1) is 11.6 Å². The highest BCUT2D eigenvalue weighted by Crippen LogP contribution is 2.19. The van der Waals surface area contributed by atoms with Crippen molar-refractivity contribution in [3.05, 3.63) is 29.8 Å². The number of hydrogen-bond donors (Lipinski definition) is 0. The molecule has 0 saturated carbocycles. The van der Waals surface area contributed by atoms with E-state index in [-0.39, 0.29) is 11.8 Å². The van der Waals surface area contributed by atoms with E-state index >= 15 is 0 Å². The molecule has 1 amide bonds. The maximum Gasteiger partial charge on any atom is 0.229 e. The van der Waals surface area contributed by atoms with Crippen molar-refractivity contribution in [3.8, 4) is 6.07 Å². The molecule has 0 saturated heterocycles. The molecule has 0 aliphatic heterocycles. The van der Waals surface area contributed by atoms with E-state index in [1.807, 2.05) is 26.8 Å². The summed E-state index contributed by atoms with van der Waals surface area (Å²) in [4.78, 5) is 13.7. The highest BCUT2D eigenvalue weighted by Gasteiger charge is 2.21. The quantitative estimate of drug-likeness (QED) is 0.801. The fourth-order valence-electron chi connectivity index (χ4n) is 1.50. The molecule has 0 aliphatic rings. The minimum absolute atomic E-state index is 0.0225. The Morgan fingerprint density at radius 1 is 1.35 bits per heavy atom. The SMILES string of the molecule is CC(C)C(C)C(=O)N(C)c1cccc(C#N)c1. The molecule has 0 radical (unpaired) electrons. The number of nitriles is 1. The van der Waals surface area contributed by atoms with E-state index in [1.54, 1.807) is 30.1 Å². The topological polar surface area (TPSA) is 44.1 Å². The van der Waals surface area contributed by atoms with Gasteiger partial charge < -0.3 is 4.90 Å². The molecule has 0 spiro atoms. The molecule has 1 aromatic rings. The van der Waals surface area contributed by atoms with Crippen LogP contribution in [0.2, 0.25) is 0 Å². The van der Waals surface area contributed by atoms with Crippen molar-refractivity contribution in [3.63, 3.8) is 0 Å². The van der Waals surface area contributed by atoms with Gasteiger partial charge in [0.1, 0.15) is 0 Å². The van der Waals surface area contributed by atoms with Crippen LogP contribution in [0.1, 0.15) is 26.3 Å². The van der Waals surface area contributed by atoms with Crippen molar-refractivity contribution in [2.24, 2.45) is 11.8 Å². The number of benzene rings is 1. The molecule has 0 heterocycles. The highest BCUT2D eigenvalue weighted by atomic mass is 16.2. The first-order valence-electron chi connectivity index (χ1n) is 5.75. The molecule has 17 heavy (non-hydrogen) atoms. The monoisotopic (exact) mass is 230 g/mol. The first-order valence-corrected chi connectivity index (χ1v) is 5.75. The van der Waals surface area contributed by atoms with Gasteiger partial charge in [0.2, 0.25) is 5.91 Å². The van der Waals surface area contributed by atoms with E-state index in [0.29, 0.717) is 11.5 Å². The van der Waals surface area contributed by atoms with Gasteiger partial charge in [-0.25, -0.2) is 0 Å². The van der Waals surface area contributed by atoms with Crippen molar-refractivity contribution < 1.29 is 4.79 Å². The normalized spacial score (nSPS) is 12.0. The number of carbonyl (C=O) groups excluding carboxylic acids is 1. The molecule has 3 heteroatoms. The molecule has 1 unspecified atom stereocenters. The van der Waals surface area contributed by atoms with Crippen LogP contribution in [0, 0.1) is 23.2 Å². The third-order valence-corrected chi connectivity index (χ3v) is 3.08. The van der Waals surface area contributed by atoms with E-state index in [4.69, 9.17) is 5.26 Å². The Labute approximate surface area is 103 Å². The highest BCUT2D eigenvalue weighted by molar-refractivity contribution is 5.94. The van der Waals surface area contributed by atoms with Crippen molar-refractivity contribution in [1.82, 2.24) is 0 Å². The molecular formula is C14H18N2O. The average Bonchev–Trinajstić information content (AvgIpc) is 2.36. The summed E-state index contributed by atoms with van der Waals surface area (Å²) in [5.74, 6) is 0.366. The van der Waals surface area contributed by atoms with Crippen molar-refractivity contribution in [1.29, 1.82) is 5.26 Å². The zero-order valence-corrected chi connectivity index (χ0v) is 10.8. The Balaban J connectivity index is 2.93. The Kier molecular flexibility index (Phi) is 4.28. The van der Waals surface area contributed by atoms with Gasteiger partial charge in [0.25, 0.3) is 0 Å². The van der Waals surface area contributed by atoms with Crippen LogP contribution in [0.15, 0.2) is 24.3 Å². The molecule has 3 nitrogen and oxygen atoms in total. The lowest BCUT2D eigenvalue weighted by Gasteiger charge is -2.23. The van der Waals surface area contributed by atoms with Gasteiger partial charge in [-0.1, -0.05) is 26.8 Å². The maximum atomic E-state index is 12.1. The fraction of sp³-hybridized carbons (Fsp3) is 0.429. The summed E-state index contributed by atoms with van der Waals surface area (Å²) in [6, 6.07) is 9.16. The summed E-state index contributed by atoms with van der Waals surface area (Å²) < 4.78 is 0. The molecule has 1 rings (SSSR count). The minimum atomic E-state index is -0.0225. The van der Waals surface area contributed by atoms with Gasteiger partial charge >= 0.3 is 0 Å². The molecule has 1 aromatic carbocycles. The van der Waals surface area contributed by atoms with E-state index in [0.717, 1.165) is 5.69 Å². The van der Waals surface area contributed by atoms with Crippen LogP contribution in [0.3, 0.4) is 0 Å². The second-order valence-corrected chi connectivity index (χ2v) is 4.59. The first-order chi connectivity index (χ1) is 7.97. The molecule has 0 bridgehead atoms. The van der Waals surface area contributed by atoms with E-state index < -0.39 is 0 Å². The first kappa shape index (κ1) is 13.2. The summed E-state index contributed by atoms with van der Waals surface area (Å²) in [6.45, 7) is 5.99. The lowest BCUT2D eigenvalue weighted by Crippen LogP contribution is -2.33. The zero-order chi connectivity index (χ0) is 13.0. The average molecular weight is 230 g/mol. The number of nitrogens with zero attached hydrogens (tertiary/aromatic N) is 2. The van der Waals surface area contributed by atoms with Gasteiger partial charge in [0.15, 0.2) is 0 Å². The van der Waals surface area contributed by atoms with E-state index in [1.165, 1.54) is 0 Å². The summed E-state index contributed by atoms with van der Waals surface area (Å²) in [6.07, 6.45) is 0. The molecule has 0 aliphatic carbocycles. The second kappa shape index (κ2) is 5.49. The second-order valence-electron chi connectivity index (χ2n) is 4.59. The summed E-state index contributed by atoms with van der Waals surface area (Å²) >= 11 is 0. The number of rotatable bonds is 3. The Hall–Kier alpha value is -1.82. The number of carbonyl (C=O) groups is 1. The van der Waals surface area contributed by atoms with Crippen LogP contribution in [-0.2, 0) is 4.79 Å². The molecule has 90 valence electrons. The van der Waals surface area contributed by atoms with E-state index in [2.05, 4.69) is 6.07 Å². The van der Waals surface area contributed by atoms with E-state index in [9.17, 15) is 4.79 Å². The molecule has 0 N–H and O–H groups in total. The maximum absolute atomic E-state index is 12.1. The Morgan fingerprint density at radius 3 is 2.53 bits per heavy atom. The zero-order valence-electron chi connectivity index (χ0n) is 10.8. The summed E-state index contributed by atoms with van der Waals surface area (Å²) in [5.41, 5.74) is 1.33. The largest absolute Gasteiger partial charge is 0.315 e. The van der Waals surface area contributed by atoms with Crippen LogP contribution in [0.25, 0.3) is 0 Å². The van der Waals surface area contributed by atoms with Crippen molar-refractivity contribution in [2.45, 2.75) is 20.8 Å². The van der Waals surface area contributed by atoms with Crippen molar-refractivity contribution >= 4 is 11.6 Å². The lowest BCUT2D eigenvalue weighted by atomic mass is 9.96. The van der Waals surface area contributed by atoms with Gasteiger partial charge in [-0.15, -0.1) is 0 Å². The fourth-order valence-corrected chi connectivity index (χ4v) is 1.50. The molecular weight excluding hydrogens is 212 g/mol. The number of hydrogen-bond acceptors (Lipinski definition) is 2. The predicted octanol–water partition coefficient (Wildman–Crippen LogP) is 2.81. The third-order valence-electron chi connectivity index (χ3n) is 3.08.